The summed E-state index contributed by atoms with van der Waals surface area (Å²) in [5.41, 5.74) is 2.73. The molecule has 1 aromatic heterocycles. The van der Waals surface area contributed by atoms with Gasteiger partial charge in [0, 0.05) is 21.3 Å². The van der Waals surface area contributed by atoms with Gasteiger partial charge in [-0.15, -0.1) is 0 Å². The third kappa shape index (κ3) is 3.16. The molecule has 112 valence electrons. The van der Waals surface area contributed by atoms with Gasteiger partial charge in [0.25, 0.3) is 0 Å². The Hall–Kier alpha value is -1.67. The number of benzene rings is 1. The van der Waals surface area contributed by atoms with Gasteiger partial charge >= 0.3 is 6.18 Å². The monoisotopic (exact) mass is 360 g/mol. The molecule has 2 aromatic rings. The van der Waals surface area contributed by atoms with Gasteiger partial charge < -0.3 is 5.43 Å². The highest BCUT2D eigenvalue weighted by molar-refractivity contribution is 9.10. The van der Waals surface area contributed by atoms with Crippen molar-refractivity contribution in [2.24, 2.45) is 5.84 Å². The summed E-state index contributed by atoms with van der Waals surface area (Å²) in [5.74, 6) is 5.62. The van der Waals surface area contributed by atoms with Crippen molar-refractivity contribution in [3.8, 4) is 11.4 Å². The van der Waals surface area contributed by atoms with E-state index in [0.717, 1.165) is 6.07 Å². The topological polar surface area (TPSA) is 63.8 Å². The summed E-state index contributed by atoms with van der Waals surface area (Å²) in [6.45, 7) is 3.42. The Kier molecular flexibility index (Phi) is 4.20. The molecule has 4 nitrogen and oxygen atoms in total. The number of aromatic nitrogens is 2. The van der Waals surface area contributed by atoms with Crippen molar-refractivity contribution in [1.82, 2.24) is 9.97 Å². The predicted octanol–water partition coefficient (Wildman–Crippen LogP) is 3.83. The molecular formula is C13H12BrF3N4. The van der Waals surface area contributed by atoms with Gasteiger partial charge in [0.05, 0.1) is 5.56 Å². The molecule has 0 unspecified atom stereocenters. The number of alkyl halides is 3. The van der Waals surface area contributed by atoms with E-state index in [4.69, 9.17) is 5.84 Å². The molecule has 2 rings (SSSR count). The molecule has 0 atom stereocenters. The van der Waals surface area contributed by atoms with Crippen molar-refractivity contribution < 1.29 is 13.2 Å². The second-order valence-corrected chi connectivity index (χ2v) is 5.35. The number of nitrogens with zero attached hydrogens (tertiary/aromatic N) is 2. The van der Waals surface area contributed by atoms with Crippen molar-refractivity contribution in [2.75, 3.05) is 5.43 Å². The summed E-state index contributed by atoms with van der Waals surface area (Å²) in [6, 6.07) is 3.85. The SMILES string of the molecule is Cc1nc(-c2ccc(Br)cc2C(F)(F)F)nc(NN)c1C. The lowest BCUT2D eigenvalue weighted by molar-refractivity contribution is -0.137. The quantitative estimate of drug-likeness (QED) is 0.631. The largest absolute Gasteiger partial charge is 0.417 e. The van der Waals surface area contributed by atoms with Crippen molar-refractivity contribution >= 4 is 21.7 Å². The van der Waals surface area contributed by atoms with Crippen molar-refractivity contribution in [3.63, 3.8) is 0 Å². The number of nitrogen functional groups attached to an aromatic ring is 1. The van der Waals surface area contributed by atoms with Crippen LogP contribution in [-0.2, 0) is 6.18 Å². The molecule has 0 radical (unpaired) electrons. The van der Waals surface area contributed by atoms with Crippen LogP contribution >= 0.6 is 15.9 Å². The zero-order valence-electron chi connectivity index (χ0n) is 11.2. The molecule has 1 heterocycles. The fraction of sp³-hybridized carbons (Fsp3) is 0.231. The van der Waals surface area contributed by atoms with E-state index in [1.807, 2.05) is 0 Å². The minimum absolute atomic E-state index is 0.0223. The van der Waals surface area contributed by atoms with Gasteiger partial charge in [-0.25, -0.2) is 15.8 Å². The van der Waals surface area contributed by atoms with Crippen LogP contribution in [0.3, 0.4) is 0 Å². The Morgan fingerprint density at radius 1 is 1.19 bits per heavy atom. The highest BCUT2D eigenvalue weighted by Crippen LogP contribution is 2.38. The maximum absolute atomic E-state index is 13.2. The number of rotatable bonds is 2. The van der Waals surface area contributed by atoms with Gasteiger partial charge in [-0.05, 0) is 32.0 Å². The number of halogens is 4. The minimum atomic E-state index is -4.50. The number of aryl methyl sites for hydroxylation is 1. The third-order valence-corrected chi connectivity index (χ3v) is 3.55. The van der Waals surface area contributed by atoms with Gasteiger partial charge in [0.15, 0.2) is 5.82 Å². The van der Waals surface area contributed by atoms with Crippen LogP contribution in [0.2, 0.25) is 0 Å². The third-order valence-electron chi connectivity index (χ3n) is 3.05. The number of hydrazine groups is 1. The Morgan fingerprint density at radius 2 is 1.86 bits per heavy atom. The highest BCUT2D eigenvalue weighted by atomic mass is 79.9. The summed E-state index contributed by atoms with van der Waals surface area (Å²) in [6.07, 6.45) is -4.50. The van der Waals surface area contributed by atoms with Gasteiger partial charge in [-0.1, -0.05) is 15.9 Å². The zero-order valence-corrected chi connectivity index (χ0v) is 12.8. The van der Waals surface area contributed by atoms with Crippen LogP contribution in [0, 0.1) is 13.8 Å². The molecule has 0 amide bonds. The average Bonchev–Trinajstić information content (AvgIpc) is 2.40. The zero-order chi connectivity index (χ0) is 15.8. The first-order valence-corrected chi connectivity index (χ1v) is 6.72. The van der Waals surface area contributed by atoms with Crippen LogP contribution in [0.25, 0.3) is 11.4 Å². The number of hydrogen-bond acceptors (Lipinski definition) is 4. The molecule has 0 saturated heterocycles. The van der Waals surface area contributed by atoms with E-state index >= 15 is 0 Å². The van der Waals surface area contributed by atoms with Crippen molar-refractivity contribution in [3.05, 3.63) is 39.5 Å². The molecule has 1 aromatic carbocycles. The Balaban J connectivity index is 2.70. The maximum Gasteiger partial charge on any atom is 0.417 e. The normalized spacial score (nSPS) is 11.6. The summed E-state index contributed by atoms with van der Waals surface area (Å²) in [4.78, 5) is 8.20. The fourth-order valence-electron chi connectivity index (χ4n) is 1.84. The Labute approximate surface area is 127 Å². The van der Waals surface area contributed by atoms with E-state index in [0.29, 0.717) is 21.5 Å². The highest BCUT2D eigenvalue weighted by Gasteiger charge is 2.34. The lowest BCUT2D eigenvalue weighted by atomic mass is 10.1. The van der Waals surface area contributed by atoms with Crippen molar-refractivity contribution in [2.45, 2.75) is 20.0 Å². The van der Waals surface area contributed by atoms with Crippen molar-refractivity contribution in [1.29, 1.82) is 0 Å². The van der Waals surface area contributed by atoms with E-state index in [1.165, 1.54) is 12.1 Å². The smallest absolute Gasteiger partial charge is 0.308 e. The fourth-order valence-corrected chi connectivity index (χ4v) is 2.20. The summed E-state index contributed by atoms with van der Waals surface area (Å²) in [5, 5.41) is 0. The molecule has 8 heteroatoms. The summed E-state index contributed by atoms with van der Waals surface area (Å²) < 4.78 is 39.8. The molecule has 0 saturated carbocycles. The first-order valence-electron chi connectivity index (χ1n) is 5.93. The Bertz CT molecular complexity index is 686. The standard InChI is InChI=1S/C13H12BrF3N4/c1-6-7(2)19-12(20-11(6)21-18)9-4-3-8(14)5-10(9)13(15,16)17/h3-5H,18H2,1-2H3,(H,19,20,21). The number of nitrogens with one attached hydrogen (secondary N) is 1. The van der Waals surface area contributed by atoms with Gasteiger partial charge in [-0.3, -0.25) is 0 Å². The van der Waals surface area contributed by atoms with E-state index in [9.17, 15) is 13.2 Å². The lowest BCUT2D eigenvalue weighted by Gasteiger charge is -2.14. The Morgan fingerprint density at radius 3 is 2.43 bits per heavy atom. The first-order chi connectivity index (χ1) is 9.74. The minimum Gasteiger partial charge on any atom is -0.308 e. The molecular weight excluding hydrogens is 349 g/mol. The molecule has 0 aliphatic carbocycles. The second kappa shape index (κ2) is 5.61. The van der Waals surface area contributed by atoms with Crippen LogP contribution in [0.4, 0.5) is 19.0 Å². The maximum atomic E-state index is 13.2. The summed E-state index contributed by atoms with van der Waals surface area (Å²) >= 11 is 3.04. The molecule has 0 aliphatic heterocycles. The van der Waals surface area contributed by atoms with Gasteiger partial charge in [0.1, 0.15) is 5.82 Å². The molecule has 3 N–H and O–H groups in total. The van der Waals surface area contributed by atoms with E-state index in [2.05, 4.69) is 31.3 Å². The number of hydrogen-bond donors (Lipinski definition) is 2. The molecule has 0 aliphatic rings. The molecule has 0 bridgehead atoms. The predicted molar refractivity (Wildman–Crippen MR) is 77.5 cm³/mol. The van der Waals surface area contributed by atoms with E-state index < -0.39 is 11.7 Å². The lowest BCUT2D eigenvalue weighted by Crippen LogP contribution is -2.14. The molecule has 0 spiro atoms. The van der Waals surface area contributed by atoms with Gasteiger partial charge in [-0.2, -0.15) is 13.2 Å². The van der Waals surface area contributed by atoms with Crippen LogP contribution in [0.1, 0.15) is 16.8 Å². The van der Waals surface area contributed by atoms with Crippen LogP contribution in [0.15, 0.2) is 22.7 Å². The van der Waals surface area contributed by atoms with Gasteiger partial charge in [0.2, 0.25) is 0 Å². The number of nitrogens with two attached hydrogens (primary N) is 1. The van der Waals surface area contributed by atoms with E-state index in [-0.39, 0.29) is 11.4 Å². The molecule has 0 fully saturated rings. The van der Waals surface area contributed by atoms with E-state index in [1.54, 1.807) is 13.8 Å². The number of anilines is 1. The summed E-state index contributed by atoms with van der Waals surface area (Å²) in [7, 11) is 0. The van der Waals surface area contributed by atoms with Crippen LogP contribution in [-0.4, -0.2) is 9.97 Å². The first kappa shape index (κ1) is 15.7. The average molecular weight is 361 g/mol. The molecule has 21 heavy (non-hydrogen) atoms. The van der Waals surface area contributed by atoms with Crippen LogP contribution in [0.5, 0.6) is 0 Å². The van der Waals surface area contributed by atoms with Crippen LogP contribution < -0.4 is 11.3 Å². The second-order valence-electron chi connectivity index (χ2n) is 4.44.